The van der Waals surface area contributed by atoms with E-state index in [0.29, 0.717) is 28.7 Å². The van der Waals surface area contributed by atoms with Gasteiger partial charge in [-0.15, -0.1) is 0 Å². The first-order valence-corrected chi connectivity index (χ1v) is 10.2. The summed E-state index contributed by atoms with van der Waals surface area (Å²) in [6.45, 7) is 0. The number of fused-ring (bicyclic) bond motifs is 1. The predicted octanol–water partition coefficient (Wildman–Crippen LogP) is 2.69. The van der Waals surface area contributed by atoms with E-state index in [1.165, 1.54) is 38.0 Å². The Morgan fingerprint density at radius 3 is 2.26 bits per heavy atom. The molecule has 4 rings (SSSR count). The summed E-state index contributed by atoms with van der Waals surface area (Å²) in [5, 5.41) is 2.93. The van der Waals surface area contributed by atoms with Crippen LogP contribution in [-0.4, -0.2) is 34.2 Å². The Labute approximate surface area is 194 Å². The van der Waals surface area contributed by atoms with Crippen LogP contribution < -0.4 is 30.8 Å². The number of ether oxygens (including phenoxy) is 3. The van der Waals surface area contributed by atoms with E-state index in [9.17, 15) is 14.4 Å². The highest BCUT2D eigenvalue weighted by atomic mass is 16.5. The summed E-state index contributed by atoms with van der Waals surface area (Å²) in [5.41, 5.74) is -0.214. The van der Waals surface area contributed by atoms with Crippen LogP contribution in [0.1, 0.15) is 10.4 Å². The molecule has 34 heavy (non-hydrogen) atoms. The number of hydrogen-bond donors (Lipinski definition) is 1. The summed E-state index contributed by atoms with van der Waals surface area (Å²) in [4.78, 5) is 41.6. The fourth-order valence-electron chi connectivity index (χ4n) is 3.40. The van der Waals surface area contributed by atoms with Gasteiger partial charge in [0.1, 0.15) is 17.1 Å². The number of amides is 1. The van der Waals surface area contributed by atoms with Crippen LogP contribution in [0.2, 0.25) is 0 Å². The summed E-state index contributed by atoms with van der Waals surface area (Å²) in [5.74, 6) is 1.64. The second-order valence-electron chi connectivity index (χ2n) is 7.40. The third-order valence-corrected chi connectivity index (χ3v) is 5.26. The predicted molar refractivity (Wildman–Crippen MR) is 126 cm³/mol. The van der Waals surface area contributed by atoms with Gasteiger partial charge in [0.25, 0.3) is 11.5 Å². The van der Waals surface area contributed by atoms with Crippen molar-refractivity contribution in [2.45, 2.75) is 0 Å². The largest absolute Gasteiger partial charge is 0.497 e. The average Bonchev–Trinajstić information content (AvgIpc) is 2.86. The minimum atomic E-state index is -0.528. The summed E-state index contributed by atoms with van der Waals surface area (Å²) < 4.78 is 18.7. The fraction of sp³-hybridized carbons (Fsp3) is 0.167. The van der Waals surface area contributed by atoms with Crippen molar-refractivity contribution in [2.75, 3.05) is 19.5 Å². The van der Waals surface area contributed by atoms with E-state index in [2.05, 4.69) is 10.3 Å². The van der Waals surface area contributed by atoms with Crippen LogP contribution in [0.3, 0.4) is 0 Å². The summed E-state index contributed by atoms with van der Waals surface area (Å²) in [6, 6.07) is 13.4. The lowest BCUT2D eigenvalue weighted by atomic mass is 10.2. The van der Waals surface area contributed by atoms with Crippen LogP contribution in [0.25, 0.3) is 11.0 Å². The zero-order valence-corrected chi connectivity index (χ0v) is 19.0. The molecule has 10 heteroatoms. The molecule has 2 aromatic heterocycles. The minimum absolute atomic E-state index is 0.163. The Morgan fingerprint density at radius 2 is 1.59 bits per heavy atom. The van der Waals surface area contributed by atoms with E-state index in [0.717, 1.165) is 4.57 Å². The van der Waals surface area contributed by atoms with Gasteiger partial charge in [-0.25, -0.2) is 9.78 Å². The van der Waals surface area contributed by atoms with Gasteiger partial charge < -0.3 is 19.5 Å². The number of aromatic nitrogens is 3. The van der Waals surface area contributed by atoms with Gasteiger partial charge >= 0.3 is 5.69 Å². The number of benzene rings is 2. The Balaban J connectivity index is 1.62. The Kier molecular flexibility index (Phi) is 6.05. The number of anilines is 1. The zero-order valence-electron chi connectivity index (χ0n) is 19.0. The van der Waals surface area contributed by atoms with Crippen molar-refractivity contribution in [3.05, 3.63) is 81.1 Å². The van der Waals surface area contributed by atoms with Crippen LogP contribution in [0.15, 0.2) is 64.3 Å². The van der Waals surface area contributed by atoms with Crippen molar-refractivity contribution in [1.82, 2.24) is 14.1 Å². The van der Waals surface area contributed by atoms with Crippen molar-refractivity contribution in [1.29, 1.82) is 0 Å². The molecule has 0 fully saturated rings. The van der Waals surface area contributed by atoms with E-state index < -0.39 is 17.2 Å². The van der Waals surface area contributed by atoms with E-state index in [1.807, 2.05) is 0 Å². The number of nitrogens with one attached hydrogen (secondary N) is 1. The van der Waals surface area contributed by atoms with E-state index in [4.69, 9.17) is 14.2 Å². The molecule has 1 N–H and O–H groups in total. The van der Waals surface area contributed by atoms with Crippen LogP contribution >= 0.6 is 0 Å². The topological polar surface area (TPSA) is 114 Å². The third kappa shape index (κ3) is 4.20. The average molecular weight is 462 g/mol. The standard InChI is InChI=1S/C24H22N4O6/c1-27-21-18(23(30)28(2)24(27)31)11-14(13-25-21)22(29)26-15-5-10-19(33-4)20(12-15)34-17-8-6-16(32-3)7-9-17/h5-13H,1-4H3,(H,26,29). The minimum Gasteiger partial charge on any atom is -0.497 e. The first-order valence-electron chi connectivity index (χ1n) is 10.2. The van der Waals surface area contributed by atoms with Crippen molar-refractivity contribution in [3.63, 3.8) is 0 Å². The van der Waals surface area contributed by atoms with E-state index in [1.54, 1.807) is 49.6 Å². The highest BCUT2D eigenvalue weighted by Crippen LogP contribution is 2.34. The molecule has 0 atom stereocenters. The monoisotopic (exact) mass is 462 g/mol. The maximum Gasteiger partial charge on any atom is 0.332 e. The number of methoxy groups -OCH3 is 2. The second kappa shape index (κ2) is 9.10. The summed E-state index contributed by atoms with van der Waals surface area (Å²) in [6.07, 6.45) is 1.31. The third-order valence-electron chi connectivity index (χ3n) is 5.26. The molecule has 0 aliphatic rings. The van der Waals surface area contributed by atoms with Crippen LogP contribution in [0.5, 0.6) is 23.0 Å². The molecule has 2 heterocycles. The van der Waals surface area contributed by atoms with E-state index in [-0.39, 0.29) is 16.6 Å². The summed E-state index contributed by atoms with van der Waals surface area (Å²) >= 11 is 0. The molecule has 0 spiro atoms. The van der Waals surface area contributed by atoms with Gasteiger partial charge in [0, 0.05) is 32.0 Å². The van der Waals surface area contributed by atoms with Gasteiger partial charge in [-0.05, 0) is 42.5 Å². The molecular weight excluding hydrogens is 440 g/mol. The number of rotatable bonds is 6. The molecule has 4 aromatic rings. The zero-order chi connectivity index (χ0) is 24.4. The highest BCUT2D eigenvalue weighted by molar-refractivity contribution is 6.05. The molecule has 0 radical (unpaired) electrons. The van der Waals surface area contributed by atoms with Gasteiger partial charge in [0.2, 0.25) is 0 Å². The number of aryl methyl sites for hydroxylation is 1. The number of pyridine rings is 1. The Hall–Kier alpha value is -4.60. The number of carbonyl (C=O) groups excluding carboxylic acids is 1. The van der Waals surface area contributed by atoms with Crippen molar-refractivity contribution in [3.8, 4) is 23.0 Å². The van der Waals surface area contributed by atoms with Gasteiger partial charge in [-0.3, -0.25) is 18.7 Å². The van der Waals surface area contributed by atoms with Crippen LogP contribution in [0.4, 0.5) is 5.69 Å². The molecule has 2 aromatic carbocycles. The molecule has 174 valence electrons. The lowest BCUT2D eigenvalue weighted by Crippen LogP contribution is -2.37. The smallest absolute Gasteiger partial charge is 0.332 e. The number of carbonyl (C=O) groups is 1. The van der Waals surface area contributed by atoms with Gasteiger partial charge in [0.15, 0.2) is 11.5 Å². The maximum atomic E-state index is 12.9. The number of hydrogen-bond acceptors (Lipinski definition) is 7. The molecule has 10 nitrogen and oxygen atoms in total. The van der Waals surface area contributed by atoms with E-state index >= 15 is 0 Å². The normalized spacial score (nSPS) is 10.7. The molecular formula is C24H22N4O6. The quantitative estimate of drug-likeness (QED) is 0.469. The molecule has 0 unspecified atom stereocenters. The molecule has 0 aliphatic heterocycles. The van der Waals surface area contributed by atoms with Crippen molar-refractivity contribution < 1.29 is 19.0 Å². The first kappa shape index (κ1) is 22.6. The lowest BCUT2D eigenvalue weighted by molar-refractivity contribution is 0.102. The van der Waals surface area contributed by atoms with Gasteiger partial charge in [-0.1, -0.05) is 0 Å². The Bertz CT molecular complexity index is 1510. The SMILES string of the molecule is COc1ccc(Oc2cc(NC(=O)c3cnc4c(c3)c(=O)n(C)c(=O)n4C)ccc2OC)cc1. The van der Waals surface area contributed by atoms with Gasteiger partial charge in [0.05, 0.1) is 25.2 Å². The van der Waals surface area contributed by atoms with Crippen molar-refractivity contribution in [2.24, 2.45) is 14.1 Å². The molecule has 0 aliphatic carbocycles. The summed E-state index contributed by atoms with van der Waals surface area (Å²) in [7, 11) is 5.98. The first-order chi connectivity index (χ1) is 16.3. The molecule has 1 amide bonds. The second-order valence-corrected chi connectivity index (χ2v) is 7.40. The maximum absolute atomic E-state index is 12.9. The highest BCUT2D eigenvalue weighted by Gasteiger charge is 2.15. The number of nitrogens with zero attached hydrogens (tertiary/aromatic N) is 3. The fourth-order valence-corrected chi connectivity index (χ4v) is 3.40. The van der Waals surface area contributed by atoms with Crippen LogP contribution in [0, 0.1) is 0 Å². The van der Waals surface area contributed by atoms with Gasteiger partial charge in [-0.2, -0.15) is 0 Å². The molecule has 0 saturated carbocycles. The van der Waals surface area contributed by atoms with Crippen molar-refractivity contribution >= 4 is 22.6 Å². The molecule has 0 saturated heterocycles. The molecule has 0 bridgehead atoms. The van der Waals surface area contributed by atoms with Crippen LogP contribution in [-0.2, 0) is 14.1 Å². The Morgan fingerprint density at radius 1 is 0.882 bits per heavy atom. The lowest BCUT2D eigenvalue weighted by Gasteiger charge is -2.13.